The molecule has 2 heteroatoms. The fourth-order valence-electron chi connectivity index (χ4n) is 9.29. The van der Waals surface area contributed by atoms with Gasteiger partial charge in [0, 0.05) is 12.4 Å². The molecular weight excluding hydrogens is 402 g/mol. The molecule has 0 radical (unpaired) electrons. The highest BCUT2D eigenvalue weighted by Gasteiger charge is 2.57. The van der Waals surface area contributed by atoms with Crippen LogP contribution >= 0.6 is 0 Å². The van der Waals surface area contributed by atoms with E-state index in [1.807, 2.05) is 0 Å². The topological polar surface area (TPSA) is 21.6 Å². The molecule has 0 amide bonds. The van der Waals surface area contributed by atoms with Crippen LogP contribution in [-0.4, -0.2) is 18.4 Å². The van der Waals surface area contributed by atoms with Crippen LogP contribution in [0.3, 0.4) is 0 Å². The van der Waals surface area contributed by atoms with E-state index in [1.54, 1.807) is 11.1 Å². The number of hydrogen-bond acceptors (Lipinski definition) is 2. The standard InChI is InChI=1S/C31H45NO/c1-21-6-4-8-24(18-21)33-25-13-15-30(2)23(19-25)9-10-26-28-12-11-27(22-7-5-17-32-20-22)31(28,3)16-14-29(26)30/h9,11,17,20-21,24-26,28-29H,4-8,10,12-16,18-19H2,1-3H3/t21-,24+,25+,26?,28?,29?,30+,31-/m1/s1. The smallest absolute Gasteiger partial charge is 0.0616 e. The first-order valence-corrected chi connectivity index (χ1v) is 14.2. The first-order chi connectivity index (χ1) is 16.0. The summed E-state index contributed by atoms with van der Waals surface area (Å²) in [7, 11) is 0. The summed E-state index contributed by atoms with van der Waals surface area (Å²) in [6, 6.07) is 0. The Morgan fingerprint density at radius 3 is 2.64 bits per heavy atom. The van der Waals surface area contributed by atoms with Gasteiger partial charge in [0.2, 0.25) is 0 Å². The monoisotopic (exact) mass is 447 g/mol. The van der Waals surface area contributed by atoms with Gasteiger partial charge in [-0.25, -0.2) is 0 Å². The molecule has 8 atom stereocenters. The van der Waals surface area contributed by atoms with Crippen LogP contribution in [-0.2, 0) is 4.74 Å². The highest BCUT2D eigenvalue weighted by Crippen LogP contribution is 2.66. The van der Waals surface area contributed by atoms with Crippen molar-refractivity contribution >= 4 is 6.21 Å². The lowest BCUT2D eigenvalue weighted by Gasteiger charge is -2.58. The zero-order valence-electron chi connectivity index (χ0n) is 21.3. The van der Waals surface area contributed by atoms with Crippen LogP contribution in [0.1, 0.15) is 104 Å². The highest BCUT2D eigenvalue weighted by atomic mass is 16.5. The summed E-state index contributed by atoms with van der Waals surface area (Å²) in [5, 5.41) is 0. The first kappa shape index (κ1) is 22.3. The highest BCUT2D eigenvalue weighted by molar-refractivity contribution is 5.62. The van der Waals surface area contributed by atoms with Gasteiger partial charge in [0.25, 0.3) is 0 Å². The minimum atomic E-state index is 0.375. The van der Waals surface area contributed by atoms with Gasteiger partial charge in [-0.2, -0.15) is 0 Å². The summed E-state index contributed by atoms with van der Waals surface area (Å²) in [5.74, 6) is 3.41. The van der Waals surface area contributed by atoms with Gasteiger partial charge in [-0.1, -0.05) is 51.3 Å². The normalized spacial score (nSPS) is 47.1. The molecule has 0 bridgehead atoms. The lowest BCUT2D eigenvalue weighted by Crippen LogP contribution is -2.50. The Hall–Kier alpha value is -1.15. The minimum Gasteiger partial charge on any atom is -0.375 e. The fraction of sp³-hybridized carbons (Fsp3) is 0.774. The molecule has 0 N–H and O–H groups in total. The number of allylic oxidation sites excluding steroid dienone is 4. The summed E-state index contributed by atoms with van der Waals surface area (Å²) >= 11 is 0. The van der Waals surface area contributed by atoms with Crippen molar-refractivity contribution in [1.29, 1.82) is 0 Å². The quantitative estimate of drug-likeness (QED) is 0.400. The van der Waals surface area contributed by atoms with E-state index in [4.69, 9.17) is 4.74 Å². The average molecular weight is 448 g/mol. The Labute approximate surface area is 202 Å². The van der Waals surface area contributed by atoms with Crippen LogP contribution in [0.4, 0.5) is 0 Å². The molecule has 2 nitrogen and oxygen atoms in total. The minimum absolute atomic E-state index is 0.375. The summed E-state index contributed by atoms with van der Waals surface area (Å²) in [5.41, 5.74) is 5.76. The molecule has 3 saturated carbocycles. The van der Waals surface area contributed by atoms with Crippen molar-refractivity contribution in [1.82, 2.24) is 0 Å². The molecule has 0 saturated heterocycles. The Balaban J connectivity index is 1.18. The molecule has 33 heavy (non-hydrogen) atoms. The fourth-order valence-corrected chi connectivity index (χ4v) is 9.29. The average Bonchev–Trinajstić information content (AvgIpc) is 3.17. The predicted octanol–water partition coefficient (Wildman–Crippen LogP) is 8.20. The number of hydrogen-bond donors (Lipinski definition) is 0. The SMILES string of the molecule is C[C@@H]1CCC[C@H](O[C@H]2CC[C@@]3(C)C(=CCC4C3CC[C@]3(C)C(C5=CN=CCC5)=CCC43)C2)C1. The zero-order valence-corrected chi connectivity index (χ0v) is 21.3. The molecule has 0 aromatic heterocycles. The molecule has 0 spiro atoms. The van der Waals surface area contributed by atoms with Gasteiger partial charge >= 0.3 is 0 Å². The van der Waals surface area contributed by atoms with E-state index in [0.29, 0.717) is 23.0 Å². The van der Waals surface area contributed by atoms with Gasteiger partial charge in [0.15, 0.2) is 0 Å². The maximum Gasteiger partial charge on any atom is 0.0616 e. The van der Waals surface area contributed by atoms with Crippen LogP contribution in [0.15, 0.2) is 40.1 Å². The summed E-state index contributed by atoms with van der Waals surface area (Å²) in [4.78, 5) is 4.52. The Morgan fingerprint density at radius 2 is 1.82 bits per heavy atom. The summed E-state index contributed by atoms with van der Waals surface area (Å²) in [6.07, 6.45) is 27.4. The summed E-state index contributed by atoms with van der Waals surface area (Å²) < 4.78 is 6.73. The van der Waals surface area contributed by atoms with E-state index >= 15 is 0 Å². The van der Waals surface area contributed by atoms with Crippen molar-refractivity contribution in [3.05, 3.63) is 35.1 Å². The Bertz CT molecular complexity index is 895. The molecule has 1 aliphatic heterocycles. The lowest BCUT2D eigenvalue weighted by molar-refractivity contribution is -0.0751. The number of fused-ring (bicyclic) bond motifs is 5. The number of rotatable bonds is 3. The Morgan fingerprint density at radius 1 is 0.939 bits per heavy atom. The largest absolute Gasteiger partial charge is 0.375 e. The second-order valence-electron chi connectivity index (χ2n) is 13.0. The number of nitrogens with zero attached hydrogens (tertiary/aromatic N) is 1. The van der Waals surface area contributed by atoms with E-state index in [1.165, 1.54) is 82.6 Å². The molecule has 5 aliphatic carbocycles. The van der Waals surface area contributed by atoms with Crippen molar-refractivity contribution in [2.45, 2.75) is 116 Å². The van der Waals surface area contributed by atoms with E-state index in [2.05, 4.69) is 50.3 Å². The van der Waals surface area contributed by atoms with Gasteiger partial charge in [0.05, 0.1) is 12.2 Å². The van der Waals surface area contributed by atoms with Crippen molar-refractivity contribution in [2.24, 2.45) is 39.5 Å². The van der Waals surface area contributed by atoms with Crippen LogP contribution in [0.5, 0.6) is 0 Å². The zero-order chi connectivity index (χ0) is 22.6. The molecule has 6 aliphatic rings. The predicted molar refractivity (Wildman–Crippen MR) is 137 cm³/mol. The second kappa shape index (κ2) is 8.51. The summed E-state index contributed by atoms with van der Waals surface area (Å²) in [6.45, 7) is 7.65. The van der Waals surface area contributed by atoms with Crippen LogP contribution in [0, 0.1) is 34.5 Å². The molecule has 3 fully saturated rings. The molecule has 0 aromatic rings. The van der Waals surface area contributed by atoms with Crippen molar-refractivity contribution in [3.8, 4) is 0 Å². The molecule has 6 rings (SSSR count). The molecule has 3 unspecified atom stereocenters. The lowest BCUT2D eigenvalue weighted by atomic mass is 9.47. The maximum atomic E-state index is 6.73. The van der Waals surface area contributed by atoms with E-state index in [9.17, 15) is 0 Å². The van der Waals surface area contributed by atoms with Crippen LogP contribution in [0.25, 0.3) is 0 Å². The van der Waals surface area contributed by atoms with Crippen LogP contribution < -0.4 is 0 Å². The molecule has 1 heterocycles. The number of ether oxygens (including phenoxy) is 1. The van der Waals surface area contributed by atoms with E-state index in [0.717, 1.165) is 30.1 Å². The first-order valence-electron chi connectivity index (χ1n) is 14.2. The van der Waals surface area contributed by atoms with Gasteiger partial charge < -0.3 is 4.74 Å². The third-order valence-corrected chi connectivity index (χ3v) is 11.1. The van der Waals surface area contributed by atoms with Crippen molar-refractivity contribution in [2.75, 3.05) is 0 Å². The number of aliphatic imine (C=N–C) groups is 1. The maximum absolute atomic E-state index is 6.73. The second-order valence-corrected chi connectivity index (χ2v) is 13.0. The van der Waals surface area contributed by atoms with E-state index in [-0.39, 0.29) is 0 Å². The van der Waals surface area contributed by atoms with Crippen molar-refractivity contribution < 1.29 is 4.74 Å². The van der Waals surface area contributed by atoms with Gasteiger partial charge in [0.1, 0.15) is 0 Å². The van der Waals surface area contributed by atoms with Gasteiger partial charge in [-0.05, 0) is 116 Å². The third kappa shape index (κ3) is 3.74. The van der Waals surface area contributed by atoms with Gasteiger partial charge in [-0.3, -0.25) is 4.99 Å². The van der Waals surface area contributed by atoms with E-state index < -0.39 is 0 Å². The molecule has 0 aromatic carbocycles. The molecular formula is C31H45NO. The molecule has 180 valence electrons. The van der Waals surface area contributed by atoms with Gasteiger partial charge in [-0.15, -0.1) is 0 Å². The Kier molecular flexibility index (Phi) is 5.75. The van der Waals surface area contributed by atoms with Crippen LogP contribution in [0.2, 0.25) is 0 Å². The van der Waals surface area contributed by atoms with Crippen molar-refractivity contribution in [3.63, 3.8) is 0 Å². The third-order valence-electron chi connectivity index (χ3n) is 11.1.